The van der Waals surface area contributed by atoms with Gasteiger partial charge in [0.15, 0.2) is 11.5 Å². The fourth-order valence-electron chi connectivity index (χ4n) is 3.00. The largest absolute Gasteiger partial charge is 0.493 e. The predicted molar refractivity (Wildman–Crippen MR) is 110 cm³/mol. The van der Waals surface area contributed by atoms with Crippen LogP contribution in [0.2, 0.25) is 0 Å². The van der Waals surface area contributed by atoms with Gasteiger partial charge in [0.05, 0.1) is 20.3 Å². The molecule has 0 saturated carbocycles. The molecule has 0 bridgehead atoms. The van der Waals surface area contributed by atoms with Gasteiger partial charge in [-0.15, -0.1) is 11.6 Å². The fraction of sp³-hybridized carbons (Fsp3) is 0.545. The maximum Gasteiger partial charge on any atom is 0.169 e. The molecule has 0 aromatic heterocycles. The molecule has 0 fully saturated rings. The van der Waals surface area contributed by atoms with Crippen LogP contribution in [0, 0.1) is 0 Å². The highest BCUT2D eigenvalue weighted by Gasteiger charge is 2.15. The van der Waals surface area contributed by atoms with Crippen LogP contribution >= 0.6 is 11.6 Å². The SMILES string of the molecule is CCCCCCCCOc1c(OC)cc(OCCCCl)c2ccccc12. The van der Waals surface area contributed by atoms with E-state index in [4.69, 9.17) is 25.8 Å². The van der Waals surface area contributed by atoms with Gasteiger partial charge in [0.25, 0.3) is 0 Å². The second-order valence-electron chi connectivity index (χ2n) is 6.46. The summed E-state index contributed by atoms with van der Waals surface area (Å²) < 4.78 is 17.6. The van der Waals surface area contributed by atoms with Crippen molar-refractivity contribution in [2.24, 2.45) is 0 Å². The van der Waals surface area contributed by atoms with Crippen LogP contribution in [0.5, 0.6) is 17.2 Å². The number of alkyl halides is 1. The van der Waals surface area contributed by atoms with E-state index in [1.54, 1.807) is 7.11 Å². The zero-order chi connectivity index (χ0) is 18.6. The molecule has 4 heteroatoms. The molecule has 0 atom stereocenters. The highest BCUT2D eigenvalue weighted by molar-refractivity contribution is 6.17. The molecule has 26 heavy (non-hydrogen) atoms. The molecule has 0 heterocycles. The van der Waals surface area contributed by atoms with Gasteiger partial charge in [-0.25, -0.2) is 0 Å². The number of halogens is 1. The average molecular weight is 379 g/mol. The Morgan fingerprint density at radius 1 is 0.808 bits per heavy atom. The van der Waals surface area contributed by atoms with Crippen molar-refractivity contribution in [2.45, 2.75) is 51.9 Å². The van der Waals surface area contributed by atoms with E-state index in [0.717, 1.165) is 40.9 Å². The summed E-state index contributed by atoms with van der Waals surface area (Å²) in [6, 6.07) is 10.1. The van der Waals surface area contributed by atoms with Gasteiger partial charge >= 0.3 is 0 Å². The second-order valence-corrected chi connectivity index (χ2v) is 6.84. The minimum absolute atomic E-state index is 0.592. The van der Waals surface area contributed by atoms with Gasteiger partial charge in [-0.1, -0.05) is 63.3 Å². The van der Waals surface area contributed by atoms with Gasteiger partial charge in [0.1, 0.15) is 5.75 Å². The van der Waals surface area contributed by atoms with E-state index in [0.29, 0.717) is 19.1 Å². The van der Waals surface area contributed by atoms with E-state index in [2.05, 4.69) is 19.1 Å². The number of benzene rings is 2. The number of fused-ring (bicyclic) bond motifs is 1. The lowest BCUT2D eigenvalue weighted by Gasteiger charge is -2.17. The Morgan fingerprint density at radius 2 is 1.50 bits per heavy atom. The standard InChI is InChI=1S/C22H31ClO3/c1-3-4-5-6-7-10-15-26-22-19-13-9-8-12-18(19)20(17-21(22)24-2)25-16-11-14-23/h8-9,12-13,17H,3-7,10-11,14-16H2,1-2H3. The third-order valence-electron chi connectivity index (χ3n) is 4.42. The Kier molecular flexibility index (Phi) is 9.47. The molecule has 2 aromatic carbocycles. The number of ether oxygens (including phenoxy) is 3. The molecule has 0 N–H and O–H groups in total. The van der Waals surface area contributed by atoms with Gasteiger partial charge in [-0.05, 0) is 12.8 Å². The number of hydrogen-bond acceptors (Lipinski definition) is 3. The summed E-state index contributed by atoms with van der Waals surface area (Å²) in [6.45, 7) is 3.54. The summed E-state index contributed by atoms with van der Waals surface area (Å²) in [5.41, 5.74) is 0. The summed E-state index contributed by atoms with van der Waals surface area (Å²) in [5, 5.41) is 2.07. The van der Waals surface area contributed by atoms with Crippen LogP contribution < -0.4 is 14.2 Å². The van der Waals surface area contributed by atoms with Crippen LogP contribution in [-0.4, -0.2) is 26.2 Å². The van der Waals surface area contributed by atoms with Crippen molar-refractivity contribution in [3.63, 3.8) is 0 Å². The lowest BCUT2D eigenvalue weighted by Crippen LogP contribution is -2.03. The van der Waals surface area contributed by atoms with Crippen LogP contribution in [-0.2, 0) is 0 Å². The summed E-state index contributed by atoms with van der Waals surface area (Å²) >= 11 is 5.76. The Labute approximate surface area is 162 Å². The molecule has 144 valence electrons. The molecule has 0 radical (unpaired) electrons. The summed E-state index contributed by atoms with van der Waals surface area (Å²) in [7, 11) is 1.67. The van der Waals surface area contributed by atoms with Crippen LogP contribution in [0.25, 0.3) is 10.8 Å². The third-order valence-corrected chi connectivity index (χ3v) is 4.69. The van der Waals surface area contributed by atoms with Gasteiger partial charge < -0.3 is 14.2 Å². The molecule has 0 spiro atoms. The molecule has 0 aliphatic rings. The van der Waals surface area contributed by atoms with Crippen molar-refractivity contribution in [2.75, 3.05) is 26.2 Å². The zero-order valence-electron chi connectivity index (χ0n) is 16.1. The van der Waals surface area contributed by atoms with E-state index >= 15 is 0 Å². The van der Waals surface area contributed by atoms with Crippen molar-refractivity contribution >= 4 is 22.4 Å². The maximum atomic E-state index is 6.13. The van der Waals surface area contributed by atoms with Crippen molar-refractivity contribution in [1.82, 2.24) is 0 Å². The Balaban J connectivity index is 2.09. The monoisotopic (exact) mass is 378 g/mol. The Morgan fingerprint density at radius 3 is 2.23 bits per heavy atom. The third kappa shape index (κ3) is 5.98. The first-order valence-corrected chi connectivity index (χ1v) is 10.3. The summed E-state index contributed by atoms with van der Waals surface area (Å²) in [6.07, 6.45) is 8.28. The van der Waals surface area contributed by atoms with Gasteiger partial charge in [0.2, 0.25) is 0 Å². The van der Waals surface area contributed by atoms with Crippen LogP contribution in [0.15, 0.2) is 30.3 Å². The molecular weight excluding hydrogens is 348 g/mol. The first-order chi connectivity index (χ1) is 12.8. The molecule has 3 nitrogen and oxygen atoms in total. The van der Waals surface area contributed by atoms with Crippen LogP contribution in [0.3, 0.4) is 0 Å². The fourth-order valence-corrected chi connectivity index (χ4v) is 3.11. The van der Waals surface area contributed by atoms with Crippen molar-refractivity contribution in [1.29, 1.82) is 0 Å². The molecular formula is C22H31ClO3. The zero-order valence-corrected chi connectivity index (χ0v) is 16.8. The summed E-state index contributed by atoms with van der Waals surface area (Å²) in [5.74, 6) is 2.93. The highest BCUT2D eigenvalue weighted by Crippen LogP contribution is 2.41. The first kappa shape index (κ1) is 20.7. The number of methoxy groups -OCH3 is 1. The van der Waals surface area contributed by atoms with E-state index in [1.165, 1.54) is 32.1 Å². The van der Waals surface area contributed by atoms with Gasteiger partial charge in [-0.2, -0.15) is 0 Å². The normalized spacial score (nSPS) is 10.9. The molecule has 0 unspecified atom stereocenters. The maximum absolute atomic E-state index is 6.13. The molecule has 0 aliphatic carbocycles. The lowest BCUT2D eigenvalue weighted by molar-refractivity contribution is 0.284. The topological polar surface area (TPSA) is 27.7 Å². The quantitative estimate of drug-likeness (QED) is 0.290. The van der Waals surface area contributed by atoms with E-state index in [1.807, 2.05) is 18.2 Å². The Hall–Kier alpha value is -1.61. The minimum atomic E-state index is 0.592. The van der Waals surface area contributed by atoms with Crippen LogP contribution in [0.4, 0.5) is 0 Å². The predicted octanol–water partition coefficient (Wildman–Crippen LogP) is 6.60. The smallest absolute Gasteiger partial charge is 0.169 e. The van der Waals surface area contributed by atoms with Gasteiger partial charge in [0, 0.05) is 22.7 Å². The lowest BCUT2D eigenvalue weighted by atomic mass is 10.1. The van der Waals surface area contributed by atoms with E-state index in [9.17, 15) is 0 Å². The average Bonchev–Trinajstić information content (AvgIpc) is 2.68. The Bertz CT molecular complexity index is 657. The number of rotatable bonds is 13. The molecule has 2 rings (SSSR count). The molecule has 0 aliphatic heterocycles. The number of hydrogen-bond donors (Lipinski definition) is 0. The minimum Gasteiger partial charge on any atom is -0.493 e. The number of unbranched alkanes of at least 4 members (excludes halogenated alkanes) is 5. The van der Waals surface area contributed by atoms with E-state index < -0.39 is 0 Å². The summed E-state index contributed by atoms with van der Waals surface area (Å²) in [4.78, 5) is 0. The van der Waals surface area contributed by atoms with Crippen molar-refractivity contribution in [3.8, 4) is 17.2 Å². The van der Waals surface area contributed by atoms with Crippen molar-refractivity contribution < 1.29 is 14.2 Å². The molecule has 0 saturated heterocycles. The second kappa shape index (κ2) is 11.9. The molecule has 2 aromatic rings. The molecule has 0 amide bonds. The van der Waals surface area contributed by atoms with E-state index in [-0.39, 0.29) is 0 Å². The van der Waals surface area contributed by atoms with Crippen LogP contribution in [0.1, 0.15) is 51.9 Å². The van der Waals surface area contributed by atoms with Gasteiger partial charge in [-0.3, -0.25) is 0 Å². The highest BCUT2D eigenvalue weighted by atomic mass is 35.5. The first-order valence-electron chi connectivity index (χ1n) is 9.73. The van der Waals surface area contributed by atoms with Crippen molar-refractivity contribution in [3.05, 3.63) is 30.3 Å².